The predicted molar refractivity (Wildman–Crippen MR) is 107 cm³/mol. The highest BCUT2D eigenvalue weighted by molar-refractivity contribution is 7.15. The Kier molecular flexibility index (Phi) is 2.97. The van der Waals surface area contributed by atoms with Crippen molar-refractivity contribution in [3.05, 3.63) is 83.7 Å². The average molecular weight is 324 g/mol. The fraction of sp³-hybridized carbons (Fsp3) is 0.0435. The Balaban J connectivity index is 1.96. The summed E-state index contributed by atoms with van der Waals surface area (Å²) in [5, 5.41) is 8.01. The van der Waals surface area contributed by atoms with E-state index in [0.717, 1.165) is 0 Å². The molecule has 0 aliphatic heterocycles. The second kappa shape index (κ2) is 5.19. The van der Waals surface area contributed by atoms with E-state index < -0.39 is 0 Å². The first kappa shape index (κ1) is 13.8. The van der Waals surface area contributed by atoms with Gasteiger partial charge in [0.25, 0.3) is 0 Å². The van der Waals surface area contributed by atoms with E-state index in [1.807, 2.05) is 11.3 Å². The molecule has 5 aromatic rings. The molecule has 4 aromatic carbocycles. The second-order valence-electron chi connectivity index (χ2n) is 6.26. The van der Waals surface area contributed by atoms with Crippen molar-refractivity contribution in [2.45, 2.75) is 6.92 Å². The molecular weight excluding hydrogens is 308 g/mol. The van der Waals surface area contributed by atoms with E-state index in [9.17, 15) is 0 Å². The van der Waals surface area contributed by atoms with Gasteiger partial charge >= 0.3 is 0 Å². The van der Waals surface area contributed by atoms with Crippen LogP contribution in [0.5, 0.6) is 0 Å². The third-order valence-corrected chi connectivity index (χ3v) is 5.82. The topological polar surface area (TPSA) is 0 Å². The summed E-state index contributed by atoms with van der Waals surface area (Å²) in [6.45, 7) is 2.16. The Morgan fingerprint density at radius 1 is 0.542 bits per heavy atom. The summed E-state index contributed by atoms with van der Waals surface area (Å²) in [7, 11) is 0. The monoisotopic (exact) mass is 324 g/mol. The molecule has 0 saturated carbocycles. The lowest BCUT2D eigenvalue weighted by molar-refractivity contribution is 1.64. The molecule has 0 saturated heterocycles. The van der Waals surface area contributed by atoms with E-state index in [-0.39, 0.29) is 0 Å². The van der Waals surface area contributed by atoms with Gasteiger partial charge in [0.2, 0.25) is 0 Å². The molecule has 0 bridgehead atoms. The summed E-state index contributed by atoms with van der Waals surface area (Å²) >= 11 is 1.86. The molecule has 5 rings (SSSR count). The van der Waals surface area contributed by atoms with Gasteiger partial charge in [-0.2, -0.15) is 0 Å². The third kappa shape index (κ3) is 1.98. The first-order valence-corrected chi connectivity index (χ1v) is 9.03. The smallest absolute Gasteiger partial charge is 0.0345 e. The number of benzene rings is 4. The van der Waals surface area contributed by atoms with E-state index in [0.29, 0.717) is 0 Å². The van der Waals surface area contributed by atoms with Gasteiger partial charge in [-0.1, -0.05) is 60.7 Å². The van der Waals surface area contributed by atoms with Gasteiger partial charge in [-0.15, -0.1) is 11.3 Å². The van der Waals surface area contributed by atoms with Gasteiger partial charge in [-0.3, -0.25) is 0 Å². The lowest BCUT2D eigenvalue weighted by Gasteiger charge is -2.11. The number of thiophene rings is 1. The summed E-state index contributed by atoms with van der Waals surface area (Å²) in [5.74, 6) is 0. The fourth-order valence-corrected chi connectivity index (χ4v) is 4.51. The SMILES string of the molecule is Cc1ccc(-c2ccc3c4ccccc4c4ccccc4c3c2)s1. The minimum atomic E-state index is 1.31. The van der Waals surface area contributed by atoms with Gasteiger partial charge < -0.3 is 0 Å². The molecule has 0 unspecified atom stereocenters. The minimum absolute atomic E-state index is 1.31. The third-order valence-electron chi connectivity index (χ3n) is 4.77. The maximum absolute atomic E-state index is 2.36. The Labute approximate surface area is 145 Å². The molecule has 0 amide bonds. The van der Waals surface area contributed by atoms with Gasteiger partial charge in [-0.05, 0) is 63.0 Å². The molecule has 1 aromatic heterocycles. The van der Waals surface area contributed by atoms with Gasteiger partial charge in [0.1, 0.15) is 0 Å². The highest BCUT2D eigenvalue weighted by Gasteiger charge is 2.09. The van der Waals surface area contributed by atoms with Crippen molar-refractivity contribution in [2.75, 3.05) is 0 Å². The van der Waals surface area contributed by atoms with E-state index in [1.165, 1.54) is 47.6 Å². The first-order chi connectivity index (χ1) is 11.8. The van der Waals surface area contributed by atoms with Crippen molar-refractivity contribution in [3.8, 4) is 10.4 Å². The maximum atomic E-state index is 2.36. The Hall–Kier alpha value is -2.64. The van der Waals surface area contributed by atoms with Crippen LogP contribution in [0.25, 0.3) is 42.8 Å². The Morgan fingerprint density at radius 2 is 1.08 bits per heavy atom. The molecule has 0 aliphatic rings. The molecule has 0 aliphatic carbocycles. The summed E-state index contributed by atoms with van der Waals surface area (Å²) in [6.07, 6.45) is 0. The fourth-order valence-electron chi connectivity index (χ4n) is 3.65. The highest BCUT2D eigenvalue weighted by Crippen LogP contribution is 2.38. The summed E-state index contributed by atoms with van der Waals surface area (Å²) in [5.41, 5.74) is 1.31. The zero-order valence-electron chi connectivity index (χ0n) is 13.4. The Morgan fingerprint density at radius 3 is 1.62 bits per heavy atom. The molecule has 0 fully saturated rings. The number of rotatable bonds is 1. The average Bonchev–Trinajstić information content (AvgIpc) is 3.08. The van der Waals surface area contributed by atoms with Crippen molar-refractivity contribution in [3.63, 3.8) is 0 Å². The van der Waals surface area contributed by atoms with E-state index in [4.69, 9.17) is 0 Å². The lowest BCUT2D eigenvalue weighted by Crippen LogP contribution is -1.83. The summed E-state index contributed by atoms with van der Waals surface area (Å²) < 4.78 is 0. The highest BCUT2D eigenvalue weighted by atomic mass is 32.1. The molecule has 0 atom stereocenters. The molecule has 24 heavy (non-hydrogen) atoms. The number of hydrogen-bond acceptors (Lipinski definition) is 1. The van der Waals surface area contributed by atoms with E-state index in [2.05, 4.69) is 85.8 Å². The van der Waals surface area contributed by atoms with Gasteiger partial charge in [-0.25, -0.2) is 0 Å². The zero-order chi connectivity index (χ0) is 16.1. The maximum Gasteiger partial charge on any atom is 0.0345 e. The van der Waals surface area contributed by atoms with Crippen molar-refractivity contribution in [2.24, 2.45) is 0 Å². The van der Waals surface area contributed by atoms with E-state index in [1.54, 1.807) is 0 Å². The summed E-state index contributed by atoms with van der Waals surface area (Å²) in [6, 6.07) is 28.8. The molecule has 0 nitrogen and oxygen atoms in total. The van der Waals surface area contributed by atoms with Crippen LogP contribution in [0.3, 0.4) is 0 Å². The predicted octanol–water partition coefficient (Wildman–Crippen LogP) is 7.18. The molecule has 0 N–H and O–H groups in total. The van der Waals surface area contributed by atoms with Crippen LogP contribution >= 0.6 is 11.3 Å². The Bertz CT molecular complexity index is 1180. The van der Waals surface area contributed by atoms with Crippen LogP contribution < -0.4 is 0 Å². The van der Waals surface area contributed by atoms with Gasteiger partial charge in [0.15, 0.2) is 0 Å². The molecule has 1 heterocycles. The number of hydrogen-bond donors (Lipinski definition) is 0. The summed E-state index contributed by atoms with van der Waals surface area (Å²) in [4.78, 5) is 2.69. The molecular formula is C23H16S. The van der Waals surface area contributed by atoms with Crippen molar-refractivity contribution in [1.29, 1.82) is 0 Å². The lowest BCUT2D eigenvalue weighted by atomic mass is 9.93. The molecule has 0 spiro atoms. The van der Waals surface area contributed by atoms with Crippen molar-refractivity contribution < 1.29 is 0 Å². The van der Waals surface area contributed by atoms with Crippen LogP contribution in [-0.4, -0.2) is 0 Å². The van der Waals surface area contributed by atoms with Crippen LogP contribution in [-0.2, 0) is 0 Å². The first-order valence-electron chi connectivity index (χ1n) is 8.21. The van der Waals surface area contributed by atoms with Crippen molar-refractivity contribution in [1.82, 2.24) is 0 Å². The van der Waals surface area contributed by atoms with Crippen LogP contribution in [0, 0.1) is 6.92 Å². The quantitative estimate of drug-likeness (QED) is 0.286. The van der Waals surface area contributed by atoms with Gasteiger partial charge in [0.05, 0.1) is 0 Å². The van der Waals surface area contributed by atoms with Crippen LogP contribution in [0.2, 0.25) is 0 Å². The molecule has 0 radical (unpaired) electrons. The van der Waals surface area contributed by atoms with Crippen LogP contribution in [0.15, 0.2) is 78.9 Å². The molecule has 114 valence electrons. The standard InChI is InChI=1S/C23H16S/c1-15-10-13-23(24-15)16-11-12-21-19-8-3-2-6-17(19)18-7-4-5-9-20(18)22(21)14-16/h2-14H,1H3. The zero-order valence-corrected chi connectivity index (χ0v) is 14.2. The van der Waals surface area contributed by atoms with Crippen molar-refractivity contribution >= 4 is 43.7 Å². The van der Waals surface area contributed by atoms with Gasteiger partial charge in [0, 0.05) is 9.75 Å². The largest absolute Gasteiger partial charge is 0.141 e. The minimum Gasteiger partial charge on any atom is -0.141 e. The normalized spacial score (nSPS) is 11.5. The van der Waals surface area contributed by atoms with E-state index >= 15 is 0 Å². The number of aryl methyl sites for hydroxylation is 1. The van der Waals surface area contributed by atoms with Crippen LogP contribution in [0.1, 0.15) is 4.88 Å². The molecule has 1 heteroatoms. The number of fused-ring (bicyclic) bond motifs is 6. The van der Waals surface area contributed by atoms with Crippen LogP contribution in [0.4, 0.5) is 0 Å². The second-order valence-corrected chi connectivity index (χ2v) is 7.55.